The molecule has 0 radical (unpaired) electrons. The van der Waals surface area contributed by atoms with Gasteiger partial charge in [0.05, 0.1) is 4.90 Å². The van der Waals surface area contributed by atoms with E-state index in [9.17, 15) is 13.2 Å². The Bertz CT molecular complexity index is 993. The molecule has 0 saturated heterocycles. The molecule has 2 aromatic rings. The number of nitrogens with zero attached hydrogens (tertiary/aromatic N) is 2. The standard InChI is InChI=1S/C18H22BrN3O4S/c1-11(23)22-8-7-12-5-6-14(9-13(12)10-22)27(24,25)21-17-15(19)16(26-20-17)18(2,3)4/h5-6,9H,7-8,10H2,1-4H3,(H,20,21). The van der Waals surface area contributed by atoms with E-state index in [1.54, 1.807) is 23.1 Å². The van der Waals surface area contributed by atoms with Gasteiger partial charge >= 0.3 is 0 Å². The zero-order valence-corrected chi connectivity index (χ0v) is 18.1. The second-order valence-corrected chi connectivity index (χ2v) is 10.1. The van der Waals surface area contributed by atoms with Crippen molar-refractivity contribution in [2.45, 2.75) is 51.0 Å². The van der Waals surface area contributed by atoms with E-state index >= 15 is 0 Å². The predicted octanol–water partition coefficient (Wildman–Crippen LogP) is 3.44. The number of hydrogen-bond acceptors (Lipinski definition) is 5. The van der Waals surface area contributed by atoms with Crippen LogP contribution in [0.3, 0.4) is 0 Å². The summed E-state index contributed by atoms with van der Waals surface area (Å²) >= 11 is 3.37. The van der Waals surface area contributed by atoms with Crippen LogP contribution < -0.4 is 4.72 Å². The van der Waals surface area contributed by atoms with Crippen LogP contribution in [-0.2, 0) is 33.2 Å². The number of carbonyl (C=O) groups excluding carboxylic acids is 1. The minimum atomic E-state index is -3.85. The Morgan fingerprint density at radius 2 is 2.00 bits per heavy atom. The summed E-state index contributed by atoms with van der Waals surface area (Å²) in [6, 6.07) is 4.99. The molecule has 1 aromatic carbocycles. The first-order chi connectivity index (χ1) is 12.5. The van der Waals surface area contributed by atoms with Crippen LogP contribution in [0.1, 0.15) is 44.6 Å². The van der Waals surface area contributed by atoms with Crippen molar-refractivity contribution in [3.63, 3.8) is 0 Å². The number of benzene rings is 1. The molecule has 0 unspecified atom stereocenters. The van der Waals surface area contributed by atoms with Crippen molar-refractivity contribution in [1.82, 2.24) is 10.1 Å². The molecule has 9 heteroatoms. The molecule has 1 aromatic heterocycles. The summed E-state index contributed by atoms with van der Waals surface area (Å²) in [7, 11) is -3.85. The van der Waals surface area contributed by atoms with Gasteiger partial charge < -0.3 is 9.42 Å². The maximum Gasteiger partial charge on any atom is 0.263 e. The topological polar surface area (TPSA) is 92.5 Å². The Morgan fingerprint density at radius 1 is 1.30 bits per heavy atom. The number of nitrogens with one attached hydrogen (secondary N) is 1. The van der Waals surface area contributed by atoms with E-state index in [1.165, 1.54) is 6.92 Å². The SMILES string of the molecule is CC(=O)N1CCc2ccc(S(=O)(=O)Nc3noc(C(C)(C)C)c3Br)cc2C1. The molecular formula is C18H22BrN3O4S. The molecular weight excluding hydrogens is 434 g/mol. The zero-order chi connectivity index (χ0) is 20.0. The first-order valence-corrected chi connectivity index (χ1v) is 10.8. The number of anilines is 1. The zero-order valence-electron chi connectivity index (χ0n) is 15.7. The van der Waals surface area contributed by atoms with E-state index in [0.717, 1.165) is 11.1 Å². The molecule has 1 aliphatic heterocycles. The lowest BCUT2D eigenvalue weighted by Gasteiger charge is -2.28. The van der Waals surface area contributed by atoms with Crippen LogP contribution in [-0.4, -0.2) is 30.9 Å². The van der Waals surface area contributed by atoms with Crippen molar-refractivity contribution in [3.05, 3.63) is 39.6 Å². The Balaban J connectivity index is 1.89. The summed E-state index contributed by atoms with van der Waals surface area (Å²) in [4.78, 5) is 13.5. The first kappa shape index (κ1) is 19.9. The monoisotopic (exact) mass is 455 g/mol. The minimum absolute atomic E-state index is 0.0201. The van der Waals surface area contributed by atoms with Gasteiger partial charge in [0, 0.05) is 25.4 Å². The second kappa shape index (κ2) is 6.94. The maximum atomic E-state index is 12.8. The summed E-state index contributed by atoms with van der Waals surface area (Å²) < 4.78 is 33.9. The second-order valence-electron chi connectivity index (χ2n) is 7.65. The molecule has 27 heavy (non-hydrogen) atoms. The van der Waals surface area contributed by atoms with E-state index in [4.69, 9.17) is 4.52 Å². The van der Waals surface area contributed by atoms with Crippen LogP contribution in [0.15, 0.2) is 32.1 Å². The van der Waals surface area contributed by atoms with Crippen molar-refractivity contribution in [2.24, 2.45) is 0 Å². The quantitative estimate of drug-likeness (QED) is 0.764. The average Bonchev–Trinajstić information content (AvgIpc) is 2.94. The largest absolute Gasteiger partial charge is 0.357 e. The lowest BCUT2D eigenvalue weighted by Crippen LogP contribution is -2.34. The van der Waals surface area contributed by atoms with E-state index < -0.39 is 10.0 Å². The molecule has 1 aliphatic rings. The van der Waals surface area contributed by atoms with Crippen molar-refractivity contribution in [2.75, 3.05) is 11.3 Å². The molecule has 0 atom stereocenters. The molecule has 0 spiro atoms. The summed E-state index contributed by atoms with van der Waals surface area (Å²) in [6.07, 6.45) is 0.715. The van der Waals surface area contributed by atoms with Gasteiger partial charge in [-0.3, -0.25) is 9.52 Å². The number of hydrogen-bond donors (Lipinski definition) is 1. The molecule has 1 N–H and O–H groups in total. The van der Waals surface area contributed by atoms with Crippen LogP contribution in [0.4, 0.5) is 5.82 Å². The molecule has 2 heterocycles. The third kappa shape index (κ3) is 4.03. The fraction of sp³-hybridized carbons (Fsp3) is 0.444. The Labute approximate surface area is 167 Å². The number of amides is 1. The number of aromatic nitrogens is 1. The number of carbonyl (C=O) groups is 1. The van der Waals surface area contributed by atoms with Gasteiger partial charge in [-0.15, -0.1) is 0 Å². The summed E-state index contributed by atoms with van der Waals surface area (Å²) in [5, 5.41) is 3.85. The highest BCUT2D eigenvalue weighted by molar-refractivity contribution is 9.10. The number of rotatable bonds is 3. The minimum Gasteiger partial charge on any atom is -0.357 e. The summed E-state index contributed by atoms with van der Waals surface area (Å²) in [5.41, 5.74) is 1.58. The molecule has 0 aliphatic carbocycles. The fourth-order valence-electron chi connectivity index (χ4n) is 2.96. The third-order valence-electron chi connectivity index (χ3n) is 4.49. The molecule has 0 fully saturated rings. The summed E-state index contributed by atoms with van der Waals surface area (Å²) in [6.45, 7) is 8.41. The van der Waals surface area contributed by atoms with Crippen molar-refractivity contribution in [1.29, 1.82) is 0 Å². The van der Waals surface area contributed by atoms with Gasteiger partial charge in [0.2, 0.25) is 5.91 Å². The predicted molar refractivity (Wildman–Crippen MR) is 105 cm³/mol. The number of halogens is 1. The van der Waals surface area contributed by atoms with Crippen molar-refractivity contribution < 1.29 is 17.7 Å². The van der Waals surface area contributed by atoms with Gasteiger partial charge in [0.25, 0.3) is 10.0 Å². The van der Waals surface area contributed by atoms with Crippen LogP contribution in [0.25, 0.3) is 0 Å². The normalized spacial score (nSPS) is 14.8. The lowest BCUT2D eigenvalue weighted by molar-refractivity contribution is -0.129. The van der Waals surface area contributed by atoms with Gasteiger partial charge in [-0.1, -0.05) is 32.0 Å². The van der Waals surface area contributed by atoms with E-state index in [0.29, 0.717) is 29.7 Å². The van der Waals surface area contributed by atoms with Gasteiger partial charge in [-0.25, -0.2) is 8.42 Å². The Kier molecular flexibility index (Phi) is 5.11. The smallest absolute Gasteiger partial charge is 0.263 e. The van der Waals surface area contributed by atoms with Crippen LogP contribution in [0.2, 0.25) is 0 Å². The fourth-order valence-corrected chi connectivity index (χ4v) is 4.99. The molecule has 3 rings (SSSR count). The van der Waals surface area contributed by atoms with Gasteiger partial charge in [-0.2, -0.15) is 0 Å². The molecule has 1 amide bonds. The first-order valence-electron chi connectivity index (χ1n) is 8.55. The third-order valence-corrected chi connectivity index (χ3v) is 6.57. The highest BCUT2D eigenvalue weighted by Crippen LogP contribution is 2.35. The van der Waals surface area contributed by atoms with Crippen LogP contribution in [0.5, 0.6) is 0 Å². The molecule has 146 valence electrons. The lowest BCUT2D eigenvalue weighted by atomic mass is 9.93. The average molecular weight is 456 g/mol. The number of sulfonamides is 1. The van der Waals surface area contributed by atoms with E-state index in [-0.39, 0.29) is 22.0 Å². The van der Waals surface area contributed by atoms with Crippen molar-refractivity contribution in [3.8, 4) is 0 Å². The van der Waals surface area contributed by atoms with Crippen LogP contribution >= 0.6 is 15.9 Å². The maximum absolute atomic E-state index is 12.8. The van der Waals surface area contributed by atoms with Crippen molar-refractivity contribution >= 4 is 37.7 Å². The molecule has 0 saturated carbocycles. The van der Waals surface area contributed by atoms with Gasteiger partial charge in [-0.05, 0) is 45.6 Å². The molecule has 7 nitrogen and oxygen atoms in total. The Morgan fingerprint density at radius 3 is 2.59 bits per heavy atom. The van der Waals surface area contributed by atoms with E-state index in [1.807, 2.05) is 20.8 Å². The van der Waals surface area contributed by atoms with Gasteiger partial charge in [0.15, 0.2) is 11.6 Å². The molecule has 0 bridgehead atoms. The highest BCUT2D eigenvalue weighted by atomic mass is 79.9. The van der Waals surface area contributed by atoms with Crippen LogP contribution in [0, 0.1) is 0 Å². The summed E-state index contributed by atoms with van der Waals surface area (Å²) in [5.74, 6) is 0.652. The van der Waals surface area contributed by atoms with E-state index in [2.05, 4.69) is 25.8 Å². The number of fused-ring (bicyclic) bond motifs is 1. The van der Waals surface area contributed by atoms with Gasteiger partial charge in [0.1, 0.15) is 4.47 Å². The Hall–Kier alpha value is -1.87. The highest BCUT2D eigenvalue weighted by Gasteiger charge is 2.28.